The summed E-state index contributed by atoms with van der Waals surface area (Å²) in [4.78, 5) is 17.0. The van der Waals surface area contributed by atoms with E-state index >= 15 is 0 Å². The molecule has 1 rings (SSSR count). The standard InChI is InChI=1S/C8H17O5P/c1-6-4-7(13-8(6,2)3)5-12-14(9,10)11/h6-7H,4-5H2,1-3H3,(H2,9,10,11)/t6-,7-/m0/s1. The highest BCUT2D eigenvalue weighted by Gasteiger charge is 2.39. The molecule has 0 unspecified atom stereocenters. The van der Waals surface area contributed by atoms with Crippen molar-refractivity contribution in [3.63, 3.8) is 0 Å². The van der Waals surface area contributed by atoms with Crippen molar-refractivity contribution in [3.8, 4) is 0 Å². The molecule has 1 fully saturated rings. The first-order chi connectivity index (χ1) is 6.21. The number of hydrogen-bond donors (Lipinski definition) is 2. The van der Waals surface area contributed by atoms with Crippen molar-refractivity contribution in [1.29, 1.82) is 0 Å². The van der Waals surface area contributed by atoms with Crippen molar-refractivity contribution in [2.45, 2.75) is 38.9 Å². The molecule has 0 bridgehead atoms. The molecule has 14 heavy (non-hydrogen) atoms. The van der Waals surface area contributed by atoms with Gasteiger partial charge in [-0.25, -0.2) is 4.57 Å². The fourth-order valence-corrected chi connectivity index (χ4v) is 1.91. The Morgan fingerprint density at radius 3 is 2.50 bits per heavy atom. The number of phosphoric acid groups is 1. The van der Waals surface area contributed by atoms with E-state index in [0.29, 0.717) is 5.92 Å². The van der Waals surface area contributed by atoms with Gasteiger partial charge in [-0.2, -0.15) is 0 Å². The van der Waals surface area contributed by atoms with Gasteiger partial charge in [0.05, 0.1) is 18.3 Å². The molecule has 0 radical (unpaired) electrons. The lowest BCUT2D eigenvalue weighted by Crippen LogP contribution is -2.26. The summed E-state index contributed by atoms with van der Waals surface area (Å²) < 4.78 is 20.4. The molecule has 1 heterocycles. The third kappa shape index (κ3) is 3.33. The van der Waals surface area contributed by atoms with Crippen LogP contribution in [0.5, 0.6) is 0 Å². The summed E-state index contributed by atoms with van der Waals surface area (Å²) in [6.07, 6.45) is 0.556. The van der Waals surface area contributed by atoms with Crippen LogP contribution in [-0.4, -0.2) is 28.1 Å². The zero-order chi connectivity index (χ0) is 11.0. The molecule has 0 aromatic carbocycles. The molecule has 0 aromatic heterocycles. The Kier molecular flexibility index (Phi) is 3.39. The first-order valence-electron chi connectivity index (χ1n) is 4.58. The van der Waals surface area contributed by atoms with Crippen LogP contribution in [0.1, 0.15) is 27.2 Å². The number of phosphoric ester groups is 1. The zero-order valence-electron chi connectivity index (χ0n) is 8.64. The minimum Gasteiger partial charge on any atom is -0.370 e. The lowest BCUT2D eigenvalue weighted by atomic mass is 9.92. The van der Waals surface area contributed by atoms with Crippen molar-refractivity contribution in [2.75, 3.05) is 6.61 Å². The average Bonchev–Trinajstić information content (AvgIpc) is 2.21. The van der Waals surface area contributed by atoms with Crippen molar-refractivity contribution in [1.82, 2.24) is 0 Å². The minimum absolute atomic E-state index is 0.0436. The molecule has 84 valence electrons. The second kappa shape index (κ2) is 3.91. The van der Waals surface area contributed by atoms with Gasteiger partial charge in [0.1, 0.15) is 0 Å². The zero-order valence-corrected chi connectivity index (χ0v) is 9.53. The third-order valence-electron chi connectivity index (χ3n) is 2.70. The van der Waals surface area contributed by atoms with Crippen molar-refractivity contribution in [3.05, 3.63) is 0 Å². The Labute approximate surface area is 83.7 Å². The van der Waals surface area contributed by atoms with Crippen molar-refractivity contribution < 1.29 is 23.6 Å². The van der Waals surface area contributed by atoms with Crippen LogP contribution < -0.4 is 0 Å². The van der Waals surface area contributed by atoms with E-state index in [-0.39, 0.29) is 18.3 Å². The van der Waals surface area contributed by atoms with Crippen LogP contribution in [0.15, 0.2) is 0 Å². The molecule has 2 N–H and O–H groups in total. The fourth-order valence-electron chi connectivity index (χ4n) is 1.55. The highest BCUT2D eigenvalue weighted by atomic mass is 31.2. The van der Waals surface area contributed by atoms with Gasteiger partial charge in [0.2, 0.25) is 0 Å². The van der Waals surface area contributed by atoms with Gasteiger partial charge in [-0.3, -0.25) is 4.52 Å². The molecule has 1 aliphatic heterocycles. The lowest BCUT2D eigenvalue weighted by molar-refractivity contribution is -0.0467. The highest BCUT2D eigenvalue weighted by molar-refractivity contribution is 7.46. The van der Waals surface area contributed by atoms with Crippen LogP contribution in [0.4, 0.5) is 0 Å². The van der Waals surface area contributed by atoms with Gasteiger partial charge in [0, 0.05) is 0 Å². The largest absolute Gasteiger partial charge is 0.469 e. The summed E-state index contributed by atoms with van der Waals surface area (Å²) in [5.41, 5.74) is -0.233. The Bertz CT molecular complexity index is 246. The fraction of sp³-hybridized carbons (Fsp3) is 1.00. The summed E-state index contributed by atoms with van der Waals surface area (Å²) in [7, 11) is -4.36. The van der Waals surface area contributed by atoms with Crippen LogP contribution in [-0.2, 0) is 13.8 Å². The Morgan fingerprint density at radius 1 is 1.57 bits per heavy atom. The number of hydrogen-bond acceptors (Lipinski definition) is 3. The molecule has 6 heteroatoms. The number of ether oxygens (including phenoxy) is 1. The van der Waals surface area contributed by atoms with Crippen LogP contribution in [0.2, 0.25) is 0 Å². The van der Waals surface area contributed by atoms with Gasteiger partial charge in [-0.15, -0.1) is 0 Å². The molecule has 5 nitrogen and oxygen atoms in total. The smallest absolute Gasteiger partial charge is 0.370 e. The molecule has 0 spiro atoms. The second-order valence-electron chi connectivity index (χ2n) is 4.27. The maximum atomic E-state index is 10.4. The molecule has 2 atom stereocenters. The third-order valence-corrected chi connectivity index (χ3v) is 3.19. The molecular weight excluding hydrogens is 207 g/mol. The van der Waals surface area contributed by atoms with E-state index in [0.717, 1.165) is 6.42 Å². The van der Waals surface area contributed by atoms with Gasteiger partial charge < -0.3 is 14.5 Å². The Balaban J connectivity index is 2.40. The topological polar surface area (TPSA) is 76.0 Å². The van der Waals surface area contributed by atoms with Gasteiger partial charge in [0.15, 0.2) is 0 Å². The lowest BCUT2D eigenvalue weighted by Gasteiger charge is -2.23. The summed E-state index contributed by atoms with van der Waals surface area (Å²) in [6.45, 7) is 5.94. The SMILES string of the molecule is C[C@H]1C[C@@H](COP(=O)(O)O)OC1(C)C. The summed E-state index contributed by atoms with van der Waals surface area (Å²) in [5, 5.41) is 0. The predicted molar refractivity (Wildman–Crippen MR) is 50.7 cm³/mol. The maximum Gasteiger partial charge on any atom is 0.469 e. The van der Waals surface area contributed by atoms with Gasteiger partial charge in [-0.1, -0.05) is 6.92 Å². The molecule has 0 saturated carbocycles. The molecular formula is C8H17O5P. The predicted octanol–water partition coefficient (Wildman–Crippen LogP) is 1.30. The van der Waals surface area contributed by atoms with Crippen molar-refractivity contribution in [2.24, 2.45) is 5.92 Å². The summed E-state index contributed by atoms with van der Waals surface area (Å²) in [6, 6.07) is 0. The Morgan fingerprint density at radius 2 is 2.14 bits per heavy atom. The second-order valence-corrected chi connectivity index (χ2v) is 5.51. The molecule has 1 aliphatic rings. The first kappa shape index (κ1) is 12.1. The monoisotopic (exact) mass is 224 g/mol. The number of rotatable bonds is 3. The molecule has 1 saturated heterocycles. The van der Waals surface area contributed by atoms with E-state index in [1.165, 1.54) is 0 Å². The summed E-state index contributed by atoms with van der Waals surface area (Å²) >= 11 is 0. The quantitative estimate of drug-likeness (QED) is 0.706. The normalized spacial score (nSPS) is 32.1. The Hall–Kier alpha value is 0.0700. The van der Waals surface area contributed by atoms with E-state index < -0.39 is 7.82 Å². The van der Waals surface area contributed by atoms with Gasteiger partial charge in [-0.05, 0) is 26.2 Å². The molecule has 0 aromatic rings. The van der Waals surface area contributed by atoms with Crippen molar-refractivity contribution >= 4 is 7.82 Å². The van der Waals surface area contributed by atoms with E-state index in [2.05, 4.69) is 11.4 Å². The van der Waals surface area contributed by atoms with E-state index in [1.54, 1.807) is 0 Å². The molecule has 0 aliphatic carbocycles. The van der Waals surface area contributed by atoms with E-state index in [9.17, 15) is 4.57 Å². The highest BCUT2D eigenvalue weighted by Crippen LogP contribution is 2.40. The van der Waals surface area contributed by atoms with E-state index in [4.69, 9.17) is 14.5 Å². The minimum atomic E-state index is -4.36. The van der Waals surface area contributed by atoms with Gasteiger partial charge >= 0.3 is 7.82 Å². The van der Waals surface area contributed by atoms with Crippen LogP contribution in [0, 0.1) is 5.92 Å². The molecule has 0 amide bonds. The first-order valence-corrected chi connectivity index (χ1v) is 6.11. The maximum absolute atomic E-state index is 10.4. The van der Waals surface area contributed by atoms with Crippen LogP contribution in [0.3, 0.4) is 0 Å². The van der Waals surface area contributed by atoms with E-state index in [1.807, 2.05) is 13.8 Å². The van der Waals surface area contributed by atoms with Gasteiger partial charge in [0.25, 0.3) is 0 Å². The van der Waals surface area contributed by atoms with Crippen LogP contribution >= 0.6 is 7.82 Å². The summed E-state index contributed by atoms with van der Waals surface area (Å²) in [5.74, 6) is 0.368. The van der Waals surface area contributed by atoms with Crippen LogP contribution in [0.25, 0.3) is 0 Å². The average molecular weight is 224 g/mol.